The van der Waals surface area contributed by atoms with Crippen LogP contribution in [0.5, 0.6) is 0 Å². The molecule has 2 aliphatic rings. The molecule has 2 fully saturated rings. The van der Waals surface area contributed by atoms with Crippen LogP contribution in [0.15, 0.2) is 5.38 Å². The Balaban J connectivity index is 1.50. The number of aryl methyl sites for hydroxylation is 1. The van der Waals surface area contributed by atoms with Gasteiger partial charge in [0.1, 0.15) is 0 Å². The minimum Gasteiger partial charge on any atom is -0.480 e. The molecule has 1 aromatic rings. The molecule has 2 aliphatic heterocycles. The summed E-state index contributed by atoms with van der Waals surface area (Å²) in [6, 6.07) is 0. The van der Waals surface area contributed by atoms with Crippen LogP contribution in [-0.4, -0.2) is 58.6 Å². The lowest BCUT2D eigenvalue weighted by Crippen LogP contribution is -2.58. The molecule has 0 atom stereocenters. The van der Waals surface area contributed by atoms with Gasteiger partial charge >= 0.3 is 5.97 Å². The summed E-state index contributed by atoms with van der Waals surface area (Å²) in [5, 5.41) is 12.0. The lowest BCUT2D eigenvalue weighted by Gasteiger charge is -2.47. The van der Waals surface area contributed by atoms with Crippen molar-refractivity contribution >= 4 is 17.3 Å². The molecule has 3 rings (SSSR count). The van der Waals surface area contributed by atoms with E-state index in [4.69, 9.17) is 5.11 Å². The second kappa shape index (κ2) is 4.85. The highest BCUT2D eigenvalue weighted by atomic mass is 32.1. The Morgan fingerprint density at radius 1 is 1.47 bits per heavy atom. The van der Waals surface area contributed by atoms with Crippen molar-refractivity contribution in [3.8, 4) is 0 Å². The number of likely N-dealkylation sites (tertiary alicyclic amines) is 2. The fourth-order valence-corrected chi connectivity index (χ4v) is 3.94. The van der Waals surface area contributed by atoms with E-state index in [0.717, 1.165) is 37.7 Å². The van der Waals surface area contributed by atoms with Gasteiger partial charge in [-0.1, -0.05) is 0 Å². The van der Waals surface area contributed by atoms with Gasteiger partial charge in [0.05, 0.1) is 17.2 Å². The maximum absolute atomic E-state index is 10.7. The van der Waals surface area contributed by atoms with E-state index in [2.05, 4.69) is 15.3 Å². The SMILES string of the molecule is Cc1nc(CN2CCC3(C2)CN(CC(=O)O)C3)cs1. The number of nitrogens with zero attached hydrogens (tertiary/aromatic N) is 3. The summed E-state index contributed by atoms with van der Waals surface area (Å²) in [7, 11) is 0. The molecule has 0 amide bonds. The summed E-state index contributed by atoms with van der Waals surface area (Å²) in [6.45, 7) is 7.22. The quantitative estimate of drug-likeness (QED) is 0.894. The first-order valence-corrected chi connectivity index (χ1v) is 7.50. The standard InChI is InChI=1S/C13H19N3O2S/c1-10-14-11(6-19-10)4-15-3-2-13(7-15)8-16(9-13)5-12(17)18/h6H,2-5,7-9H2,1H3,(H,17,18). The van der Waals surface area contributed by atoms with E-state index in [1.54, 1.807) is 11.3 Å². The molecule has 6 heteroatoms. The van der Waals surface area contributed by atoms with E-state index in [0.29, 0.717) is 5.41 Å². The van der Waals surface area contributed by atoms with Crippen LogP contribution in [0.25, 0.3) is 0 Å². The van der Waals surface area contributed by atoms with Gasteiger partial charge in [-0.15, -0.1) is 11.3 Å². The van der Waals surface area contributed by atoms with Crippen molar-refractivity contribution in [2.24, 2.45) is 5.41 Å². The Bertz CT molecular complexity index is 482. The van der Waals surface area contributed by atoms with Crippen molar-refractivity contribution in [3.05, 3.63) is 16.1 Å². The molecule has 1 spiro atoms. The minimum atomic E-state index is -0.720. The molecule has 104 valence electrons. The largest absolute Gasteiger partial charge is 0.480 e. The van der Waals surface area contributed by atoms with E-state index in [-0.39, 0.29) is 6.54 Å². The predicted octanol–water partition coefficient (Wildman–Crippen LogP) is 1.04. The summed E-state index contributed by atoms with van der Waals surface area (Å²) in [6.07, 6.45) is 1.19. The Morgan fingerprint density at radius 2 is 2.21 bits per heavy atom. The third-order valence-electron chi connectivity index (χ3n) is 4.05. The van der Waals surface area contributed by atoms with Crippen LogP contribution in [0.2, 0.25) is 0 Å². The van der Waals surface area contributed by atoms with Gasteiger partial charge in [0.25, 0.3) is 0 Å². The summed E-state index contributed by atoms with van der Waals surface area (Å²) < 4.78 is 0. The number of carboxylic acids is 1. The van der Waals surface area contributed by atoms with Gasteiger partial charge in [0.15, 0.2) is 0 Å². The van der Waals surface area contributed by atoms with Crippen LogP contribution in [0.3, 0.4) is 0 Å². The molecule has 0 unspecified atom stereocenters. The normalized spacial score (nSPS) is 22.8. The highest BCUT2D eigenvalue weighted by Crippen LogP contribution is 2.39. The molecule has 0 saturated carbocycles. The second-order valence-corrected chi connectivity index (χ2v) is 6.92. The fourth-order valence-electron chi connectivity index (χ4n) is 3.34. The average Bonchev–Trinajstić information content (AvgIpc) is 2.85. The zero-order valence-electron chi connectivity index (χ0n) is 11.1. The first-order valence-electron chi connectivity index (χ1n) is 6.62. The van der Waals surface area contributed by atoms with Gasteiger partial charge in [-0.05, 0) is 19.9 Å². The lowest BCUT2D eigenvalue weighted by molar-refractivity contribution is -0.141. The maximum Gasteiger partial charge on any atom is 0.317 e. The molecule has 1 N–H and O–H groups in total. The van der Waals surface area contributed by atoms with E-state index in [1.165, 1.54) is 12.1 Å². The Morgan fingerprint density at radius 3 is 2.84 bits per heavy atom. The van der Waals surface area contributed by atoms with E-state index in [9.17, 15) is 4.79 Å². The number of carboxylic acid groups (broad SMARTS) is 1. The Labute approximate surface area is 116 Å². The molecule has 19 heavy (non-hydrogen) atoms. The molecule has 0 radical (unpaired) electrons. The summed E-state index contributed by atoms with van der Waals surface area (Å²) in [5.74, 6) is -0.720. The first-order chi connectivity index (χ1) is 9.05. The van der Waals surface area contributed by atoms with Crippen molar-refractivity contribution in [2.45, 2.75) is 19.9 Å². The monoisotopic (exact) mass is 281 g/mol. The van der Waals surface area contributed by atoms with Crippen molar-refractivity contribution in [2.75, 3.05) is 32.7 Å². The molecule has 1 aromatic heterocycles. The van der Waals surface area contributed by atoms with E-state index in [1.807, 2.05) is 11.8 Å². The highest BCUT2D eigenvalue weighted by molar-refractivity contribution is 7.09. The summed E-state index contributed by atoms with van der Waals surface area (Å²) in [5.41, 5.74) is 1.52. The molecular weight excluding hydrogens is 262 g/mol. The van der Waals surface area contributed by atoms with Crippen LogP contribution >= 0.6 is 11.3 Å². The van der Waals surface area contributed by atoms with Gasteiger partial charge in [-0.2, -0.15) is 0 Å². The van der Waals surface area contributed by atoms with Gasteiger partial charge in [0, 0.05) is 37.0 Å². The molecule has 0 aliphatic carbocycles. The highest BCUT2D eigenvalue weighted by Gasteiger charge is 2.47. The van der Waals surface area contributed by atoms with Gasteiger partial charge in [-0.3, -0.25) is 14.6 Å². The smallest absolute Gasteiger partial charge is 0.317 e. The predicted molar refractivity (Wildman–Crippen MR) is 73.3 cm³/mol. The van der Waals surface area contributed by atoms with Gasteiger partial charge in [0.2, 0.25) is 0 Å². The average molecular weight is 281 g/mol. The molecule has 0 aromatic carbocycles. The third kappa shape index (κ3) is 2.80. The van der Waals surface area contributed by atoms with Crippen LogP contribution in [-0.2, 0) is 11.3 Å². The number of aliphatic carboxylic acids is 1. The summed E-state index contributed by atoms with van der Waals surface area (Å²) in [4.78, 5) is 19.6. The van der Waals surface area contributed by atoms with Crippen molar-refractivity contribution in [1.29, 1.82) is 0 Å². The number of thiazole rings is 1. The van der Waals surface area contributed by atoms with Gasteiger partial charge in [-0.25, -0.2) is 4.98 Å². The van der Waals surface area contributed by atoms with Crippen LogP contribution in [0.1, 0.15) is 17.1 Å². The number of carbonyl (C=O) groups is 1. The molecule has 5 nitrogen and oxygen atoms in total. The minimum absolute atomic E-state index is 0.188. The molecule has 3 heterocycles. The van der Waals surface area contributed by atoms with Crippen molar-refractivity contribution in [1.82, 2.24) is 14.8 Å². The number of hydrogen-bond acceptors (Lipinski definition) is 5. The maximum atomic E-state index is 10.7. The number of hydrogen-bond donors (Lipinski definition) is 1. The Kier molecular flexibility index (Phi) is 3.32. The van der Waals surface area contributed by atoms with Crippen LogP contribution in [0, 0.1) is 12.3 Å². The van der Waals surface area contributed by atoms with Gasteiger partial charge < -0.3 is 5.11 Å². The van der Waals surface area contributed by atoms with Crippen molar-refractivity contribution in [3.63, 3.8) is 0 Å². The molecular formula is C13H19N3O2S. The zero-order valence-corrected chi connectivity index (χ0v) is 11.9. The van der Waals surface area contributed by atoms with Crippen molar-refractivity contribution < 1.29 is 9.90 Å². The fraction of sp³-hybridized carbons (Fsp3) is 0.692. The van der Waals surface area contributed by atoms with E-state index < -0.39 is 5.97 Å². The number of rotatable bonds is 4. The van der Waals surface area contributed by atoms with E-state index >= 15 is 0 Å². The topological polar surface area (TPSA) is 56.7 Å². The van der Waals surface area contributed by atoms with Crippen LogP contribution in [0.4, 0.5) is 0 Å². The lowest BCUT2D eigenvalue weighted by atomic mass is 9.79. The summed E-state index contributed by atoms with van der Waals surface area (Å²) >= 11 is 1.70. The second-order valence-electron chi connectivity index (χ2n) is 5.86. The Hall–Kier alpha value is -0.980. The first kappa shape index (κ1) is 13.0. The number of aromatic nitrogens is 1. The third-order valence-corrected chi connectivity index (χ3v) is 4.87. The van der Waals surface area contributed by atoms with Crippen LogP contribution < -0.4 is 0 Å². The molecule has 2 saturated heterocycles. The zero-order chi connectivity index (χ0) is 13.5. The molecule has 0 bridgehead atoms.